The standard InChI is InChI=1S/C22H22ClFN4O4S/c1-31-20-6-3-15(11-21(20)32-2)19-13-22(26-14-25-19)27-7-9-28(10-8-27)33(29,30)16-4-5-18(24)17(23)12-16/h3-6,11-14H,7-10H2,1-2H3. The van der Waals surface area contributed by atoms with Crippen LogP contribution in [-0.4, -0.2) is 63.1 Å². The Morgan fingerprint density at radius 3 is 2.33 bits per heavy atom. The molecule has 0 saturated carbocycles. The lowest BCUT2D eigenvalue weighted by Gasteiger charge is -2.34. The number of hydrogen-bond donors (Lipinski definition) is 0. The quantitative estimate of drug-likeness (QED) is 0.521. The van der Waals surface area contributed by atoms with E-state index in [1.165, 1.54) is 16.7 Å². The lowest BCUT2D eigenvalue weighted by Crippen LogP contribution is -2.48. The SMILES string of the molecule is COc1ccc(-c2cc(N3CCN(S(=O)(=O)c4ccc(F)c(Cl)c4)CC3)ncn2)cc1OC. The molecule has 2 heterocycles. The molecule has 11 heteroatoms. The molecule has 0 bridgehead atoms. The molecule has 33 heavy (non-hydrogen) atoms. The van der Waals surface area contributed by atoms with E-state index < -0.39 is 15.8 Å². The van der Waals surface area contributed by atoms with Gasteiger partial charge < -0.3 is 14.4 Å². The van der Waals surface area contributed by atoms with E-state index in [0.29, 0.717) is 36.1 Å². The monoisotopic (exact) mass is 492 g/mol. The van der Waals surface area contributed by atoms with Gasteiger partial charge in [-0.2, -0.15) is 4.31 Å². The predicted octanol–water partition coefficient (Wildman–Crippen LogP) is 3.46. The van der Waals surface area contributed by atoms with Crippen molar-refractivity contribution in [3.8, 4) is 22.8 Å². The second-order valence-corrected chi connectivity index (χ2v) is 9.64. The molecule has 0 N–H and O–H groups in total. The largest absolute Gasteiger partial charge is 0.493 e. The Bertz CT molecular complexity index is 1270. The summed E-state index contributed by atoms with van der Waals surface area (Å²) in [6.07, 6.45) is 1.48. The normalized spacial score (nSPS) is 14.8. The fourth-order valence-corrected chi connectivity index (χ4v) is 5.31. The average Bonchev–Trinajstić information content (AvgIpc) is 2.85. The molecule has 0 amide bonds. The summed E-state index contributed by atoms with van der Waals surface area (Å²) < 4.78 is 51.3. The van der Waals surface area contributed by atoms with Gasteiger partial charge >= 0.3 is 0 Å². The molecule has 1 saturated heterocycles. The second-order valence-electron chi connectivity index (χ2n) is 7.30. The zero-order valence-corrected chi connectivity index (χ0v) is 19.6. The number of sulfonamides is 1. The molecule has 1 aromatic heterocycles. The summed E-state index contributed by atoms with van der Waals surface area (Å²) in [5.41, 5.74) is 1.54. The van der Waals surface area contributed by atoms with Crippen LogP contribution in [0.25, 0.3) is 11.3 Å². The first-order valence-corrected chi connectivity index (χ1v) is 11.9. The van der Waals surface area contributed by atoms with E-state index in [1.807, 2.05) is 23.1 Å². The van der Waals surface area contributed by atoms with Gasteiger partial charge in [0.05, 0.1) is 29.8 Å². The highest BCUT2D eigenvalue weighted by atomic mass is 35.5. The first-order chi connectivity index (χ1) is 15.8. The Morgan fingerprint density at radius 2 is 1.67 bits per heavy atom. The number of piperazine rings is 1. The van der Waals surface area contributed by atoms with E-state index in [2.05, 4.69) is 9.97 Å². The van der Waals surface area contributed by atoms with Gasteiger partial charge in [0.2, 0.25) is 10.0 Å². The first-order valence-electron chi connectivity index (χ1n) is 10.1. The summed E-state index contributed by atoms with van der Waals surface area (Å²) in [6, 6.07) is 10.8. The summed E-state index contributed by atoms with van der Waals surface area (Å²) in [4.78, 5) is 10.7. The Hall–Kier alpha value is -2.95. The van der Waals surface area contributed by atoms with Gasteiger partial charge in [0, 0.05) is 37.8 Å². The van der Waals surface area contributed by atoms with Crippen LogP contribution in [0, 0.1) is 5.82 Å². The van der Waals surface area contributed by atoms with Crippen molar-refractivity contribution in [2.24, 2.45) is 0 Å². The molecule has 0 unspecified atom stereocenters. The van der Waals surface area contributed by atoms with Crippen LogP contribution in [0.5, 0.6) is 11.5 Å². The van der Waals surface area contributed by atoms with E-state index in [1.54, 1.807) is 20.3 Å². The number of methoxy groups -OCH3 is 2. The summed E-state index contributed by atoms with van der Waals surface area (Å²) in [5, 5.41) is -0.224. The van der Waals surface area contributed by atoms with Crippen molar-refractivity contribution < 1.29 is 22.3 Å². The highest BCUT2D eigenvalue weighted by Gasteiger charge is 2.29. The fraction of sp³-hybridized carbons (Fsp3) is 0.273. The van der Waals surface area contributed by atoms with Gasteiger partial charge in [-0.3, -0.25) is 0 Å². The van der Waals surface area contributed by atoms with Crippen molar-refractivity contribution in [3.63, 3.8) is 0 Å². The van der Waals surface area contributed by atoms with Crippen molar-refractivity contribution in [2.45, 2.75) is 4.90 Å². The Labute approximate surface area is 196 Å². The molecule has 2 aromatic carbocycles. The van der Waals surface area contributed by atoms with Gasteiger partial charge in [-0.1, -0.05) is 11.6 Å². The van der Waals surface area contributed by atoms with Gasteiger partial charge in [0.25, 0.3) is 0 Å². The summed E-state index contributed by atoms with van der Waals surface area (Å²) in [5.74, 6) is 1.25. The number of hydrogen-bond acceptors (Lipinski definition) is 7. The van der Waals surface area contributed by atoms with Crippen LogP contribution in [0.4, 0.5) is 10.2 Å². The average molecular weight is 493 g/mol. The highest BCUT2D eigenvalue weighted by Crippen LogP contribution is 2.32. The summed E-state index contributed by atoms with van der Waals surface area (Å²) in [7, 11) is -0.631. The van der Waals surface area contributed by atoms with E-state index in [9.17, 15) is 12.8 Å². The van der Waals surface area contributed by atoms with Crippen molar-refractivity contribution in [3.05, 3.63) is 59.6 Å². The Balaban J connectivity index is 1.50. The predicted molar refractivity (Wildman–Crippen MR) is 123 cm³/mol. The zero-order chi connectivity index (χ0) is 23.6. The molecule has 1 fully saturated rings. The number of nitrogens with zero attached hydrogens (tertiary/aromatic N) is 4. The molecule has 4 rings (SSSR count). The maximum Gasteiger partial charge on any atom is 0.243 e. The molecule has 174 valence electrons. The molecule has 0 aliphatic carbocycles. The van der Waals surface area contributed by atoms with Crippen molar-refractivity contribution in [1.29, 1.82) is 0 Å². The molecule has 0 radical (unpaired) electrons. The highest BCUT2D eigenvalue weighted by molar-refractivity contribution is 7.89. The minimum absolute atomic E-state index is 0.0277. The van der Waals surface area contributed by atoms with Gasteiger partial charge in [0.1, 0.15) is 18.0 Å². The van der Waals surface area contributed by atoms with Gasteiger partial charge in [-0.15, -0.1) is 0 Å². The van der Waals surface area contributed by atoms with Gasteiger partial charge in [0.15, 0.2) is 11.5 Å². The fourth-order valence-electron chi connectivity index (χ4n) is 3.62. The number of aromatic nitrogens is 2. The van der Waals surface area contributed by atoms with Crippen LogP contribution in [0.1, 0.15) is 0 Å². The maximum absolute atomic E-state index is 13.4. The Morgan fingerprint density at radius 1 is 0.939 bits per heavy atom. The molecule has 8 nitrogen and oxygen atoms in total. The van der Waals surface area contributed by atoms with Crippen molar-refractivity contribution in [1.82, 2.24) is 14.3 Å². The molecule has 0 spiro atoms. The molecule has 1 aliphatic rings. The van der Waals surface area contributed by atoms with Gasteiger partial charge in [-0.05, 0) is 36.4 Å². The number of benzene rings is 2. The van der Waals surface area contributed by atoms with Crippen LogP contribution < -0.4 is 14.4 Å². The third-order valence-corrected chi connectivity index (χ3v) is 7.61. The minimum Gasteiger partial charge on any atom is -0.493 e. The minimum atomic E-state index is -3.78. The van der Waals surface area contributed by atoms with Crippen LogP contribution >= 0.6 is 11.6 Å². The van der Waals surface area contributed by atoms with Gasteiger partial charge in [-0.25, -0.2) is 22.8 Å². The number of rotatable bonds is 6. The second kappa shape index (κ2) is 9.50. The third kappa shape index (κ3) is 4.73. The molecular weight excluding hydrogens is 471 g/mol. The summed E-state index contributed by atoms with van der Waals surface area (Å²) >= 11 is 5.77. The smallest absolute Gasteiger partial charge is 0.243 e. The van der Waals surface area contributed by atoms with E-state index in [-0.39, 0.29) is 23.0 Å². The van der Waals surface area contributed by atoms with Crippen molar-refractivity contribution >= 4 is 27.4 Å². The van der Waals surface area contributed by atoms with Crippen LogP contribution in [0.15, 0.2) is 53.7 Å². The number of anilines is 1. The number of halogens is 2. The maximum atomic E-state index is 13.4. The first kappa shape index (κ1) is 23.2. The molecular formula is C22H22ClFN4O4S. The topological polar surface area (TPSA) is 84.9 Å². The van der Waals surface area contributed by atoms with Crippen LogP contribution in [-0.2, 0) is 10.0 Å². The summed E-state index contributed by atoms with van der Waals surface area (Å²) in [6.45, 7) is 1.40. The van der Waals surface area contributed by atoms with Crippen LogP contribution in [0.3, 0.4) is 0 Å². The molecule has 1 aliphatic heterocycles. The van der Waals surface area contributed by atoms with E-state index >= 15 is 0 Å². The molecule has 0 atom stereocenters. The lowest BCUT2D eigenvalue weighted by atomic mass is 10.1. The zero-order valence-electron chi connectivity index (χ0n) is 18.0. The van der Waals surface area contributed by atoms with E-state index in [0.717, 1.165) is 17.7 Å². The lowest BCUT2D eigenvalue weighted by molar-refractivity contribution is 0.355. The third-order valence-electron chi connectivity index (χ3n) is 5.42. The number of ether oxygens (including phenoxy) is 2. The Kier molecular flexibility index (Phi) is 6.68. The molecule has 3 aromatic rings. The van der Waals surface area contributed by atoms with E-state index in [4.69, 9.17) is 21.1 Å². The van der Waals surface area contributed by atoms with Crippen molar-refractivity contribution in [2.75, 3.05) is 45.3 Å². The van der Waals surface area contributed by atoms with Crippen LogP contribution in [0.2, 0.25) is 5.02 Å².